The molecule has 0 aliphatic heterocycles. The fourth-order valence-electron chi connectivity index (χ4n) is 1.76. The maximum atomic E-state index is 11.5. The van der Waals surface area contributed by atoms with Gasteiger partial charge < -0.3 is 15.2 Å². The van der Waals surface area contributed by atoms with Crippen molar-refractivity contribution in [1.29, 1.82) is 0 Å². The molecule has 1 amide bonds. The monoisotopic (exact) mass is 295 g/mol. The number of amides is 1. The lowest BCUT2D eigenvalue weighted by atomic mass is 10.2. The highest BCUT2D eigenvalue weighted by molar-refractivity contribution is 5.92. The van der Waals surface area contributed by atoms with Gasteiger partial charge in [0, 0.05) is 18.3 Å². The van der Waals surface area contributed by atoms with E-state index < -0.39 is 0 Å². The Morgan fingerprint density at radius 3 is 2.70 bits per heavy atom. The molecule has 0 bridgehead atoms. The van der Waals surface area contributed by atoms with Gasteiger partial charge in [0.1, 0.15) is 5.82 Å². The molecule has 0 unspecified atom stereocenters. The highest BCUT2D eigenvalue weighted by atomic mass is 35.5. The second-order valence-corrected chi connectivity index (χ2v) is 4.29. The molecular formula is C13H18ClN5O. The number of hydrogen-bond acceptors (Lipinski definition) is 4. The highest BCUT2D eigenvalue weighted by Gasteiger charge is 2.08. The number of halogens is 1. The summed E-state index contributed by atoms with van der Waals surface area (Å²) < 4.78 is 1.91. The van der Waals surface area contributed by atoms with E-state index in [0.29, 0.717) is 0 Å². The lowest BCUT2D eigenvalue weighted by Crippen LogP contribution is -2.25. The van der Waals surface area contributed by atoms with Crippen LogP contribution < -0.4 is 10.6 Å². The van der Waals surface area contributed by atoms with Gasteiger partial charge in [0.15, 0.2) is 5.82 Å². The zero-order valence-electron chi connectivity index (χ0n) is 11.7. The number of rotatable bonds is 4. The maximum absolute atomic E-state index is 11.5. The Kier molecular flexibility index (Phi) is 5.66. The molecule has 1 heterocycles. The van der Waals surface area contributed by atoms with Gasteiger partial charge in [-0.05, 0) is 26.1 Å². The number of aromatic nitrogens is 3. The summed E-state index contributed by atoms with van der Waals surface area (Å²) in [6, 6.07) is 7.56. The predicted octanol–water partition coefficient (Wildman–Crippen LogP) is 1.37. The third-order valence-corrected chi connectivity index (χ3v) is 2.83. The Balaban J connectivity index is 0.00000200. The average molecular weight is 296 g/mol. The Hall–Kier alpha value is -1.92. The fourth-order valence-corrected chi connectivity index (χ4v) is 1.76. The maximum Gasteiger partial charge on any atom is 0.238 e. The minimum Gasteiger partial charge on any atom is -0.325 e. The number of likely N-dealkylation sites (N-methyl/N-ethyl adjacent to an activating group) is 1. The first-order valence-electron chi connectivity index (χ1n) is 6.02. The topological polar surface area (TPSA) is 71.8 Å². The number of benzene rings is 1. The third-order valence-electron chi connectivity index (χ3n) is 2.83. The van der Waals surface area contributed by atoms with E-state index >= 15 is 0 Å². The number of hydrogen-bond donors (Lipinski definition) is 2. The summed E-state index contributed by atoms with van der Waals surface area (Å²) >= 11 is 0. The minimum atomic E-state index is -0.0752. The predicted molar refractivity (Wildman–Crippen MR) is 81.0 cm³/mol. The minimum absolute atomic E-state index is 0. The molecular weight excluding hydrogens is 278 g/mol. The first-order chi connectivity index (χ1) is 9.11. The fraction of sp³-hybridized carbons (Fsp3) is 0.308. The van der Waals surface area contributed by atoms with E-state index in [1.807, 2.05) is 42.8 Å². The molecule has 2 aromatic rings. The molecule has 20 heavy (non-hydrogen) atoms. The molecule has 6 nitrogen and oxygen atoms in total. The molecule has 0 fully saturated rings. The molecule has 0 aliphatic carbocycles. The van der Waals surface area contributed by atoms with Crippen LogP contribution in [0.4, 0.5) is 5.69 Å². The van der Waals surface area contributed by atoms with Crippen LogP contribution >= 0.6 is 12.4 Å². The summed E-state index contributed by atoms with van der Waals surface area (Å²) in [6.45, 7) is 2.18. The van der Waals surface area contributed by atoms with E-state index in [0.717, 1.165) is 22.9 Å². The van der Waals surface area contributed by atoms with Crippen LogP contribution in [0, 0.1) is 6.92 Å². The van der Waals surface area contributed by atoms with Gasteiger partial charge in [-0.15, -0.1) is 22.6 Å². The molecule has 2 N–H and O–H groups in total. The Morgan fingerprint density at radius 1 is 1.35 bits per heavy atom. The zero-order chi connectivity index (χ0) is 13.8. The summed E-state index contributed by atoms with van der Waals surface area (Å²) in [4.78, 5) is 11.5. The average Bonchev–Trinajstić information content (AvgIpc) is 2.70. The van der Waals surface area contributed by atoms with Crippen LogP contribution in [-0.2, 0) is 11.8 Å². The first-order valence-corrected chi connectivity index (χ1v) is 6.02. The van der Waals surface area contributed by atoms with Crippen LogP contribution in [0.2, 0.25) is 0 Å². The molecule has 0 saturated carbocycles. The summed E-state index contributed by atoms with van der Waals surface area (Å²) in [6.07, 6.45) is 0. The number of nitrogens with zero attached hydrogens (tertiary/aromatic N) is 3. The van der Waals surface area contributed by atoms with Crippen LogP contribution in [0.25, 0.3) is 11.4 Å². The largest absolute Gasteiger partial charge is 0.325 e. The van der Waals surface area contributed by atoms with E-state index in [9.17, 15) is 4.79 Å². The van der Waals surface area contributed by atoms with Gasteiger partial charge in [0.05, 0.1) is 6.54 Å². The number of anilines is 1. The number of carbonyl (C=O) groups excluding carboxylic acids is 1. The molecule has 1 aromatic heterocycles. The second-order valence-electron chi connectivity index (χ2n) is 4.29. The van der Waals surface area contributed by atoms with Gasteiger partial charge in [-0.3, -0.25) is 4.79 Å². The van der Waals surface area contributed by atoms with Crippen molar-refractivity contribution < 1.29 is 4.79 Å². The number of nitrogens with one attached hydrogen (secondary N) is 2. The zero-order valence-corrected chi connectivity index (χ0v) is 12.5. The molecule has 0 radical (unpaired) electrons. The van der Waals surface area contributed by atoms with Gasteiger partial charge in [0.2, 0.25) is 5.91 Å². The summed E-state index contributed by atoms with van der Waals surface area (Å²) in [5.41, 5.74) is 1.67. The standard InChI is InChI=1S/C13H17N5O.ClH/c1-9-16-17-13(18(9)3)10-5-4-6-11(7-10)15-12(19)8-14-2;/h4-7,14H,8H2,1-3H3,(H,15,19);1H. The van der Waals surface area contributed by atoms with Gasteiger partial charge in [0.25, 0.3) is 0 Å². The highest BCUT2D eigenvalue weighted by Crippen LogP contribution is 2.20. The van der Waals surface area contributed by atoms with E-state index in [1.54, 1.807) is 7.05 Å². The Morgan fingerprint density at radius 2 is 2.10 bits per heavy atom. The first kappa shape index (κ1) is 16.1. The quantitative estimate of drug-likeness (QED) is 0.894. The SMILES string of the molecule is CNCC(=O)Nc1cccc(-c2nnc(C)n2C)c1.Cl. The molecule has 108 valence electrons. The molecule has 0 atom stereocenters. The molecule has 0 saturated heterocycles. The molecule has 0 aliphatic rings. The summed E-state index contributed by atoms with van der Waals surface area (Å²) in [7, 11) is 3.65. The van der Waals surface area contributed by atoms with E-state index in [2.05, 4.69) is 20.8 Å². The van der Waals surface area contributed by atoms with Crippen LogP contribution in [0.15, 0.2) is 24.3 Å². The van der Waals surface area contributed by atoms with Gasteiger partial charge in [-0.2, -0.15) is 0 Å². The smallest absolute Gasteiger partial charge is 0.238 e. The van der Waals surface area contributed by atoms with Crippen LogP contribution in [0.3, 0.4) is 0 Å². The van der Waals surface area contributed by atoms with Crippen molar-refractivity contribution in [2.75, 3.05) is 18.9 Å². The third kappa shape index (κ3) is 3.55. The number of aryl methyl sites for hydroxylation is 1. The van der Waals surface area contributed by atoms with Crippen LogP contribution in [-0.4, -0.2) is 34.3 Å². The van der Waals surface area contributed by atoms with Crippen molar-refractivity contribution in [1.82, 2.24) is 20.1 Å². The molecule has 2 rings (SSSR count). The van der Waals surface area contributed by atoms with Gasteiger partial charge in [-0.25, -0.2) is 0 Å². The van der Waals surface area contributed by atoms with Crippen molar-refractivity contribution in [3.63, 3.8) is 0 Å². The van der Waals surface area contributed by atoms with Crippen molar-refractivity contribution in [3.8, 4) is 11.4 Å². The normalized spacial score (nSPS) is 9.95. The van der Waals surface area contributed by atoms with Crippen LogP contribution in [0.1, 0.15) is 5.82 Å². The molecule has 0 spiro atoms. The molecule has 1 aromatic carbocycles. The Bertz CT molecular complexity index is 596. The van der Waals surface area contributed by atoms with E-state index in [1.165, 1.54) is 0 Å². The lowest BCUT2D eigenvalue weighted by molar-refractivity contribution is -0.115. The summed E-state index contributed by atoms with van der Waals surface area (Å²) in [5.74, 6) is 1.55. The van der Waals surface area contributed by atoms with Crippen molar-refractivity contribution in [2.24, 2.45) is 7.05 Å². The van der Waals surface area contributed by atoms with Crippen molar-refractivity contribution in [3.05, 3.63) is 30.1 Å². The Labute approximate surface area is 124 Å². The van der Waals surface area contributed by atoms with E-state index in [4.69, 9.17) is 0 Å². The number of carbonyl (C=O) groups is 1. The lowest BCUT2D eigenvalue weighted by Gasteiger charge is -2.07. The van der Waals surface area contributed by atoms with Crippen molar-refractivity contribution >= 4 is 24.0 Å². The second kappa shape index (κ2) is 7.02. The van der Waals surface area contributed by atoms with E-state index in [-0.39, 0.29) is 24.9 Å². The summed E-state index contributed by atoms with van der Waals surface area (Å²) in [5, 5.41) is 13.8. The van der Waals surface area contributed by atoms with Gasteiger partial charge >= 0.3 is 0 Å². The van der Waals surface area contributed by atoms with Crippen molar-refractivity contribution in [2.45, 2.75) is 6.92 Å². The molecule has 7 heteroatoms. The van der Waals surface area contributed by atoms with Crippen LogP contribution in [0.5, 0.6) is 0 Å². The van der Waals surface area contributed by atoms with Gasteiger partial charge in [-0.1, -0.05) is 12.1 Å².